The van der Waals surface area contributed by atoms with E-state index < -0.39 is 0 Å². The minimum absolute atomic E-state index is 0.226. The van der Waals surface area contributed by atoms with Gasteiger partial charge >= 0.3 is 0 Å². The number of piperidine rings is 1. The van der Waals surface area contributed by atoms with Crippen LogP contribution < -0.4 is 10.6 Å². The van der Waals surface area contributed by atoms with Gasteiger partial charge in [-0.25, -0.2) is 0 Å². The summed E-state index contributed by atoms with van der Waals surface area (Å²) in [5, 5.41) is 0. The second-order valence-corrected chi connectivity index (χ2v) is 6.18. The number of hydrogen-bond donors (Lipinski definition) is 1. The van der Waals surface area contributed by atoms with Gasteiger partial charge < -0.3 is 15.4 Å². The molecule has 1 heterocycles. The lowest BCUT2D eigenvalue weighted by atomic mass is 9.96. The van der Waals surface area contributed by atoms with E-state index in [0.717, 1.165) is 32.0 Å². The molecule has 1 atom stereocenters. The average Bonchev–Trinajstić information content (AvgIpc) is 2.42. The molecule has 1 saturated heterocycles. The van der Waals surface area contributed by atoms with Gasteiger partial charge in [0.2, 0.25) is 0 Å². The van der Waals surface area contributed by atoms with Gasteiger partial charge in [-0.1, -0.05) is 6.07 Å². The van der Waals surface area contributed by atoms with Crippen LogP contribution in [-0.2, 0) is 11.2 Å². The molecule has 1 fully saturated rings. The first-order valence-corrected chi connectivity index (χ1v) is 7.69. The number of nitrogens with zero attached hydrogens (tertiary/aromatic N) is 1. The van der Waals surface area contributed by atoms with Crippen LogP contribution in [0.15, 0.2) is 18.2 Å². The molecule has 0 radical (unpaired) electrons. The topological polar surface area (TPSA) is 38.5 Å². The molecule has 2 rings (SSSR count). The van der Waals surface area contributed by atoms with Crippen LogP contribution in [0, 0.1) is 12.8 Å². The fourth-order valence-corrected chi connectivity index (χ4v) is 3.05. The molecule has 0 amide bonds. The zero-order valence-electron chi connectivity index (χ0n) is 13.1. The van der Waals surface area contributed by atoms with Crippen LogP contribution in [0.3, 0.4) is 0 Å². The van der Waals surface area contributed by atoms with Crippen LogP contribution >= 0.6 is 0 Å². The average molecular weight is 276 g/mol. The van der Waals surface area contributed by atoms with Gasteiger partial charge in [0.1, 0.15) is 0 Å². The van der Waals surface area contributed by atoms with Crippen molar-refractivity contribution in [3.63, 3.8) is 0 Å². The van der Waals surface area contributed by atoms with Gasteiger partial charge in [0.25, 0.3) is 0 Å². The monoisotopic (exact) mass is 276 g/mol. The molecule has 1 aromatic carbocycles. The standard InChI is InChI=1S/C17H28N2O/c1-13-10-17(5-4-16(13)11-14(2)18)19-8-6-15(7-9-19)12-20-3/h4-5,10,14-15H,6-9,11-12,18H2,1-3H3. The van der Waals surface area contributed by atoms with Crippen molar-refractivity contribution in [2.45, 2.75) is 39.2 Å². The van der Waals surface area contributed by atoms with Crippen molar-refractivity contribution in [3.8, 4) is 0 Å². The van der Waals surface area contributed by atoms with Crippen molar-refractivity contribution >= 4 is 5.69 Å². The molecule has 3 heteroatoms. The van der Waals surface area contributed by atoms with Crippen LogP contribution in [0.1, 0.15) is 30.9 Å². The molecular weight excluding hydrogens is 248 g/mol. The SMILES string of the molecule is COCC1CCN(c2ccc(CC(C)N)c(C)c2)CC1. The van der Waals surface area contributed by atoms with E-state index in [0.29, 0.717) is 0 Å². The van der Waals surface area contributed by atoms with E-state index in [1.807, 2.05) is 0 Å². The van der Waals surface area contributed by atoms with Crippen LogP contribution in [0.4, 0.5) is 5.69 Å². The number of methoxy groups -OCH3 is 1. The lowest BCUT2D eigenvalue weighted by Gasteiger charge is -2.33. The van der Waals surface area contributed by atoms with Gasteiger partial charge in [-0.2, -0.15) is 0 Å². The molecule has 0 bridgehead atoms. The predicted octanol–water partition coefficient (Wildman–Crippen LogP) is 2.75. The highest BCUT2D eigenvalue weighted by Gasteiger charge is 2.19. The quantitative estimate of drug-likeness (QED) is 0.898. The summed E-state index contributed by atoms with van der Waals surface area (Å²) in [4.78, 5) is 2.49. The maximum absolute atomic E-state index is 5.90. The zero-order chi connectivity index (χ0) is 14.5. The van der Waals surface area contributed by atoms with E-state index in [4.69, 9.17) is 10.5 Å². The van der Waals surface area contributed by atoms with Crippen LogP contribution in [0.5, 0.6) is 0 Å². The van der Waals surface area contributed by atoms with E-state index in [9.17, 15) is 0 Å². The molecular formula is C17H28N2O. The Labute approximate surface area is 123 Å². The summed E-state index contributed by atoms with van der Waals surface area (Å²) < 4.78 is 5.26. The number of aryl methyl sites for hydroxylation is 1. The van der Waals surface area contributed by atoms with E-state index in [1.54, 1.807) is 7.11 Å². The Morgan fingerprint density at radius 1 is 1.35 bits per heavy atom. The maximum Gasteiger partial charge on any atom is 0.0491 e. The van der Waals surface area contributed by atoms with E-state index in [-0.39, 0.29) is 6.04 Å². The number of ether oxygens (including phenoxy) is 1. The number of benzene rings is 1. The smallest absolute Gasteiger partial charge is 0.0491 e. The molecule has 1 aliphatic rings. The van der Waals surface area contributed by atoms with Crippen LogP contribution in [0.2, 0.25) is 0 Å². The number of nitrogens with two attached hydrogens (primary N) is 1. The second kappa shape index (κ2) is 7.09. The molecule has 1 aliphatic heterocycles. The van der Waals surface area contributed by atoms with E-state index >= 15 is 0 Å². The number of anilines is 1. The minimum Gasteiger partial charge on any atom is -0.384 e. The Morgan fingerprint density at radius 3 is 2.60 bits per heavy atom. The Hall–Kier alpha value is -1.06. The van der Waals surface area contributed by atoms with Gasteiger partial charge in [-0.15, -0.1) is 0 Å². The summed E-state index contributed by atoms with van der Waals surface area (Å²) in [7, 11) is 1.80. The Morgan fingerprint density at radius 2 is 2.05 bits per heavy atom. The molecule has 20 heavy (non-hydrogen) atoms. The molecule has 0 aromatic heterocycles. The predicted molar refractivity (Wildman–Crippen MR) is 85.3 cm³/mol. The number of hydrogen-bond acceptors (Lipinski definition) is 3. The van der Waals surface area contributed by atoms with Gasteiger partial charge in [0.15, 0.2) is 0 Å². The lowest BCUT2D eigenvalue weighted by Crippen LogP contribution is -2.35. The summed E-state index contributed by atoms with van der Waals surface area (Å²) in [6.45, 7) is 7.44. The third-order valence-electron chi connectivity index (χ3n) is 4.25. The Balaban J connectivity index is 1.98. The van der Waals surface area contributed by atoms with Crippen molar-refractivity contribution in [2.24, 2.45) is 11.7 Å². The molecule has 0 spiro atoms. The summed E-state index contributed by atoms with van der Waals surface area (Å²) in [6.07, 6.45) is 3.42. The third-order valence-corrected chi connectivity index (χ3v) is 4.25. The fourth-order valence-electron chi connectivity index (χ4n) is 3.05. The molecule has 0 aliphatic carbocycles. The molecule has 2 N–H and O–H groups in total. The van der Waals surface area contributed by atoms with Crippen molar-refractivity contribution in [3.05, 3.63) is 29.3 Å². The van der Waals surface area contributed by atoms with Gasteiger partial charge in [0, 0.05) is 38.5 Å². The Kier molecular flexibility index (Phi) is 5.44. The molecule has 3 nitrogen and oxygen atoms in total. The number of rotatable bonds is 5. The normalized spacial score (nSPS) is 18.3. The fraction of sp³-hybridized carbons (Fsp3) is 0.647. The van der Waals surface area contributed by atoms with Crippen molar-refractivity contribution in [1.29, 1.82) is 0 Å². The zero-order valence-corrected chi connectivity index (χ0v) is 13.1. The maximum atomic E-state index is 5.90. The molecule has 1 unspecified atom stereocenters. The minimum atomic E-state index is 0.226. The van der Waals surface area contributed by atoms with Gasteiger partial charge in [0.05, 0.1) is 0 Å². The first-order chi connectivity index (χ1) is 9.60. The van der Waals surface area contributed by atoms with Crippen molar-refractivity contribution in [1.82, 2.24) is 0 Å². The first-order valence-electron chi connectivity index (χ1n) is 7.69. The summed E-state index contributed by atoms with van der Waals surface area (Å²) in [5.41, 5.74) is 9.98. The van der Waals surface area contributed by atoms with E-state index in [2.05, 4.69) is 36.9 Å². The lowest BCUT2D eigenvalue weighted by molar-refractivity contribution is 0.139. The van der Waals surface area contributed by atoms with Crippen LogP contribution in [0.25, 0.3) is 0 Å². The molecule has 0 saturated carbocycles. The highest BCUT2D eigenvalue weighted by Crippen LogP contribution is 2.25. The first kappa shape index (κ1) is 15.3. The van der Waals surface area contributed by atoms with Gasteiger partial charge in [-0.3, -0.25) is 0 Å². The molecule has 1 aromatic rings. The van der Waals surface area contributed by atoms with Crippen molar-refractivity contribution in [2.75, 3.05) is 31.7 Å². The van der Waals surface area contributed by atoms with Crippen molar-refractivity contribution < 1.29 is 4.74 Å². The second-order valence-electron chi connectivity index (χ2n) is 6.18. The highest BCUT2D eigenvalue weighted by atomic mass is 16.5. The van der Waals surface area contributed by atoms with Gasteiger partial charge in [-0.05, 0) is 62.3 Å². The summed E-state index contributed by atoms with van der Waals surface area (Å²) in [5.74, 6) is 0.731. The Bertz CT molecular complexity index is 423. The third kappa shape index (κ3) is 3.97. The highest BCUT2D eigenvalue weighted by molar-refractivity contribution is 5.51. The summed E-state index contributed by atoms with van der Waals surface area (Å²) in [6, 6.07) is 7.04. The molecule has 112 valence electrons. The summed E-state index contributed by atoms with van der Waals surface area (Å²) >= 11 is 0. The van der Waals surface area contributed by atoms with Crippen LogP contribution in [-0.4, -0.2) is 32.8 Å². The van der Waals surface area contributed by atoms with E-state index in [1.165, 1.54) is 29.7 Å². The largest absolute Gasteiger partial charge is 0.384 e.